The van der Waals surface area contributed by atoms with Crippen LogP contribution < -0.4 is 14.2 Å². The van der Waals surface area contributed by atoms with E-state index in [4.69, 9.17) is 14.2 Å². The Kier molecular flexibility index (Phi) is 5.10. The fraction of sp³-hybridized carbons (Fsp3) is 0.353. The SMILES string of the molecule is COc1ccc(S(=O)(=O)N2CCC(Oc3ccccn3)C2)cc1OC. The smallest absolute Gasteiger partial charge is 0.243 e. The van der Waals surface area contributed by atoms with Gasteiger partial charge < -0.3 is 14.2 Å². The van der Waals surface area contributed by atoms with Crippen molar-refractivity contribution in [2.75, 3.05) is 27.3 Å². The summed E-state index contributed by atoms with van der Waals surface area (Å²) in [4.78, 5) is 4.28. The van der Waals surface area contributed by atoms with Gasteiger partial charge >= 0.3 is 0 Å². The molecule has 1 aromatic carbocycles. The van der Waals surface area contributed by atoms with Gasteiger partial charge in [0, 0.05) is 24.9 Å². The Hall–Kier alpha value is -2.32. The highest BCUT2D eigenvalue weighted by Gasteiger charge is 2.34. The number of methoxy groups -OCH3 is 2. The van der Waals surface area contributed by atoms with Crippen molar-refractivity contribution in [3.8, 4) is 17.4 Å². The molecule has 2 aromatic rings. The van der Waals surface area contributed by atoms with E-state index in [1.54, 1.807) is 24.4 Å². The third-order valence-corrected chi connectivity index (χ3v) is 5.89. The predicted molar refractivity (Wildman–Crippen MR) is 91.6 cm³/mol. The first kappa shape index (κ1) is 17.5. The zero-order valence-corrected chi connectivity index (χ0v) is 14.9. The molecular weight excluding hydrogens is 344 g/mol. The number of hydrogen-bond acceptors (Lipinski definition) is 6. The lowest BCUT2D eigenvalue weighted by Crippen LogP contribution is -2.31. The molecule has 1 aliphatic heterocycles. The summed E-state index contributed by atoms with van der Waals surface area (Å²) in [5, 5.41) is 0. The fourth-order valence-corrected chi connectivity index (χ4v) is 4.23. The molecule has 8 heteroatoms. The quantitative estimate of drug-likeness (QED) is 0.780. The molecule has 1 aliphatic rings. The summed E-state index contributed by atoms with van der Waals surface area (Å²) < 4.78 is 43.2. The van der Waals surface area contributed by atoms with Crippen molar-refractivity contribution in [2.45, 2.75) is 17.4 Å². The molecule has 3 rings (SSSR count). The van der Waals surface area contributed by atoms with Crippen LogP contribution in [0.3, 0.4) is 0 Å². The minimum absolute atomic E-state index is 0.170. The minimum Gasteiger partial charge on any atom is -0.493 e. The molecule has 0 spiro atoms. The Balaban J connectivity index is 1.75. The van der Waals surface area contributed by atoms with Crippen LogP contribution in [0.15, 0.2) is 47.5 Å². The average molecular weight is 364 g/mol. The van der Waals surface area contributed by atoms with E-state index in [0.717, 1.165) is 0 Å². The van der Waals surface area contributed by atoms with Gasteiger partial charge in [-0.25, -0.2) is 13.4 Å². The van der Waals surface area contributed by atoms with E-state index >= 15 is 0 Å². The third kappa shape index (κ3) is 3.69. The van der Waals surface area contributed by atoms with Crippen molar-refractivity contribution < 1.29 is 22.6 Å². The molecule has 0 radical (unpaired) electrons. The Labute approximate surface area is 147 Å². The van der Waals surface area contributed by atoms with Crippen LogP contribution >= 0.6 is 0 Å². The van der Waals surface area contributed by atoms with Crippen LogP contribution in [0.5, 0.6) is 17.4 Å². The first-order valence-corrected chi connectivity index (χ1v) is 9.28. The van der Waals surface area contributed by atoms with E-state index in [9.17, 15) is 8.42 Å². The summed E-state index contributed by atoms with van der Waals surface area (Å²) in [5.41, 5.74) is 0. The molecule has 1 unspecified atom stereocenters. The molecular formula is C17H20N2O5S. The van der Waals surface area contributed by atoms with Gasteiger partial charge in [-0.15, -0.1) is 0 Å². The molecule has 1 fully saturated rings. The number of nitrogens with zero attached hydrogens (tertiary/aromatic N) is 2. The number of ether oxygens (including phenoxy) is 3. The molecule has 0 N–H and O–H groups in total. The monoisotopic (exact) mass is 364 g/mol. The zero-order chi connectivity index (χ0) is 17.9. The van der Waals surface area contributed by atoms with Crippen LogP contribution in [0.1, 0.15) is 6.42 Å². The van der Waals surface area contributed by atoms with Crippen molar-refractivity contribution in [1.82, 2.24) is 9.29 Å². The molecule has 0 amide bonds. The Morgan fingerprint density at radius 1 is 1.12 bits per heavy atom. The Morgan fingerprint density at radius 2 is 1.92 bits per heavy atom. The van der Waals surface area contributed by atoms with Crippen LogP contribution in [0.25, 0.3) is 0 Å². The van der Waals surface area contributed by atoms with Crippen molar-refractivity contribution >= 4 is 10.0 Å². The fourth-order valence-electron chi connectivity index (χ4n) is 2.73. The van der Waals surface area contributed by atoms with Crippen molar-refractivity contribution in [2.24, 2.45) is 0 Å². The molecule has 0 aliphatic carbocycles. The van der Waals surface area contributed by atoms with Gasteiger partial charge in [-0.2, -0.15) is 4.31 Å². The van der Waals surface area contributed by atoms with E-state index < -0.39 is 10.0 Å². The maximum Gasteiger partial charge on any atom is 0.243 e. The van der Waals surface area contributed by atoms with E-state index in [0.29, 0.717) is 30.3 Å². The van der Waals surface area contributed by atoms with Crippen molar-refractivity contribution in [3.63, 3.8) is 0 Å². The number of pyridine rings is 1. The van der Waals surface area contributed by atoms with Crippen molar-refractivity contribution in [3.05, 3.63) is 42.6 Å². The number of benzene rings is 1. The van der Waals surface area contributed by atoms with Gasteiger partial charge in [0.25, 0.3) is 0 Å². The standard InChI is InChI=1S/C17H20N2O5S/c1-22-15-7-6-14(11-16(15)23-2)25(20,21)19-10-8-13(12-19)24-17-5-3-4-9-18-17/h3-7,9,11,13H,8,10,12H2,1-2H3. The highest BCUT2D eigenvalue weighted by molar-refractivity contribution is 7.89. The van der Waals surface area contributed by atoms with Gasteiger partial charge in [0.15, 0.2) is 11.5 Å². The van der Waals surface area contributed by atoms with Crippen LogP contribution in [-0.2, 0) is 10.0 Å². The second kappa shape index (κ2) is 7.28. The van der Waals surface area contributed by atoms with Crippen LogP contribution in [0, 0.1) is 0 Å². The Morgan fingerprint density at radius 3 is 2.60 bits per heavy atom. The lowest BCUT2D eigenvalue weighted by atomic mass is 10.3. The van der Waals surface area contributed by atoms with Gasteiger partial charge in [-0.05, 0) is 24.6 Å². The highest BCUT2D eigenvalue weighted by Crippen LogP contribution is 2.31. The first-order valence-electron chi connectivity index (χ1n) is 7.84. The van der Waals surface area contributed by atoms with E-state index in [1.807, 2.05) is 6.07 Å². The largest absolute Gasteiger partial charge is 0.493 e. The zero-order valence-electron chi connectivity index (χ0n) is 14.1. The van der Waals surface area contributed by atoms with E-state index in [2.05, 4.69) is 4.98 Å². The summed E-state index contributed by atoms with van der Waals surface area (Å²) in [6, 6.07) is 9.96. The molecule has 25 heavy (non-hydrogen) atoms. The molecule has 1 aromatic heterocycles. The highest BCUT2D eigenvalue weighted by atomic mass is 32.2. The topological polar surface area (TPSA) is 78.0 Å². The van der Waals surface area contributed by atoms with Crippen LogP contribution in [0.4, 0.5) is 0 Å². The van der Waals surface area contributed by atoms with Crippen molar-refractivity contribution in [1.29, 1.82) is 0 Å². The Bertz CT molecular complexity index is 826. The number of aromatic nitrogens is 1. The molecule has 1 saturated heterocycles. The predicted octanol–water partition coefficient (Wildman–Crippen LogP) is 1.94. The minimum atomic E-state index is -3.62. The first-order chi connectivity index (χ1) is 12.0. The third-order valence-electron chi connectivity index (χ3n) is 4.03. The molecule has 0 bridgehead atoms. The van der Waals surface area contributed by atoms with Gasteiger partial charge in [0.1, 0.15) is 6.10 Å². The summed E-state index contributed by atoms with van der Waals surface area (Å²) in [6.07, 6.45) is 2.04. The molecule has 1 atom stereocenters. The van der Waals surface area contributed by atoms with Crippen LogP contribution in [-0.4, -0.2) is 51.1 Å². The second-order valence-corrected chi connectivity index (χ2v) is 7.51. The van der Waals surface area contributed by atoms with E-state index in [-0.39, 0.29) is 17.5 Å². The number of rotatable bonds is 6. The lowest BCUT2D eigenvalue weighted by molar-refractivity contribution is 0.207. The van der Waals surface area contributed by atoms with Gasteiger partial charge in [0.2, 0.25) is 15.9 Å². The second-order valence-electron chi connectivity index (χ2n) is 5.58. The lowest BCUT2D eigenvalue weighted by Gasteiger charge is -2.18. The van der Waals surface area contributed by atoms with Gasteiger partial charge in [0.05, 0.1) is 25.7 Å². The summed E-state index contributed by atoms with van der Waals surface area (Å²) in [6.45, 7) is 0.682. The maximum absolute atomic E-state index is 12.9. The molecule has 7 nitrogen and oxygen atoms in total. The maximum atomic E-state index is 12.9. The van der Waals surface area contributed by atoms with Crippen LogP contribution in [0.2, 0.25) is 0 Å². The average Bonchev–Trinajstić information content (AvgIpc) is 3.11. The van der Waals surface area contributed by atoms with Gasteiger partial charge in [-0.1, -0.05) is 6.07 Å². The molecule has 0 saturated carbocycles. The molecule has 2 heterocycles. The van der Waals surface area contributed by atoms with E-state index in [1.165, 1.54) is 30.7 Å². The normalized spacial score (nSPS) is 18.1. The number of sulfonamides is 1. The summed E-state index contributed by atoms with van der Waals surface area (Å²) in [5.74, 6) is 1.36. The summed E-state index contributed by atoms with van der Waals surface area (Å²) >= 11 is 0. The molecule has 134 valence electrons. The van der Waals surface area contributed by atoms with Gasteiger partial charge in [-0.3, -0.25) is 0 Å². The number of hydrogen-bond donors (Lipinski definition) is 0. The summed E-state index contributed by atoms with van der Waals surface area (Å²) in [7, 11) is -0.645.